The average Bonchev–Trinajstić information content (AvgIpc) is 2.40. The normalized spacial score (nSPS) is 11.3. The minimum atomic E-state index is -3.31. The molecular weight excluding hydrogens is 342 g/mol. The van der Waals surface area contributed by atoms with E-state index in [0.29, 0.717) is 11.3 Å². The van der Waals surface area contributed by atoms with Gasteiger partial charge in [0.15, 0.2) is 15.6 Å². The lowest BCUT2D eigenvalue weighted by atomic mass is 10.1. The summed E-state index contributed by atoms with van der Waals surface area (Å²) in [5, 5.41) is 0. The molecule has 0 aliphatic carbocycles. The van der Waals surface area contributed by atoms with Gasteiger partial charge in [-0.3, -0.25) is 9.78 Å². The molecule has 0 amide bonds. The minimum absolute atomic E-state index is 0.139. The lowest BCUT2D eigenvalue weighted by Crippen LogP contribution is -2.06. The predicted molar refractivity (Wildman–Crippen MR) is 79.5 cm³/mol. The quantitative estimate of drug-likeness (QED) is 0.792. The van der Waals surface area contributed by atoms with Crippen LogP contribution in [0.2, 0.25) is 0 Å². The van der Waals surface area contributed by atoms with Crippen molar-refractivity contribution in [3.8, 4) is 0 Å². The molecule has 0 spiro atoms. The minimum Gasteiger partial charge on any atom is -0.294 e. The summed E-state index contributed by atoms with van der Waals surface area (Å²) in [6, 6.07) is 9.61. The van der Waals surface area contributed by atoms with E-state index >= 15 is 0 Å². The number of nitrogens with zero attached hydrogens (tertiary/aromatic N) is 1. The third kappa shape index (κ3) is 3.74. The molecule has 0 saturated heterocycles. The van der Waals surface area contributed by atoms with Gasteiger partial charge in [0.05, 0.1) is 11.3 Å². The number of pyridine rings is 1. The number of benzene rings is 1. The van der Waals surface area contributed by atoms with E-state index in [1.165, 1.54) is 12.1 Å². The van der Waals surface area contributed by atoms with Crippen LogP contribution in [-0.4, -0.2) is 25.4 Å². The molecule has 1 aromatic carbocycles. The van der Waals surface area contributed by atoms with E-state index < -0.39 is 9.84 Å². The molecule has 0 atom stereocenters. The Morgan fingerprint density at radius 3 is 2.60 bits per heavy atom. The smallest absolute Gasteiger partial charge is 0.175 e. The fraction of sp³-hybridized carbons (Fsp3) is 0.143. The molecule has 104 valence electrons. The summed E-state index contributed by atoms with van der Waals surface area (Å²) < 4.78 is 23.8. The van der Waals surface area contributed by atoms with Crippen molar-refractivity contribution in [1.29, 1.82) is 0 Å². The Hall–Kier alpha value is -1.53. The Morgan fingerprint density at radius 2 is 2.00 bits per heavy atom. The molecular formula is C14H12BrNO3S. The number of hydrogen-bond donors (Lipinski definition) is 0. The molecule has 0 fully saturated rings. The van der Waals surface area contributed by atoms with Crippen LogP contribution in [0.5, 0.6) is 0 Å². The first-order valence-corrected chi connectivity index (χ1v) is 8.48. The number of hydrogen-bond acceptors (Lipinski definition) is 4. The second-order valence-electron chi connectivity index (χ2n) is 4.37. The van der Waals surface area contributed by atoms with Crippen molar-refractivity contribution in [2.24, 2.45) is 0 Å². The third-order valence-electron chi connectivity index (χ3n) is 2.71. The highest BCUT2D eigenvalue weighted by Crippen LogP contribution is 2.14. The van der Waals surface area contributed by atoms with Crippen LogP contribution in [0, 0.1) is 0 Å². The van der Waals surface area contributed by atoms with Crippen molar-refractivity contribution in [2.45, 2.75) is 11.3 Å². The van der Waals surface area contributed by atoms with Gasteiger partial charge in [-0.1, -0.05) is 12.1 Å². The average molecular weight is 354 g/mol. The van der Waals surface area contributed by atoms with E-state index in [-0.39, 0.29) is 17.1 Å². The van der Waals surface area contributed by atoms with Crippen LogP contribution in [0.3, 0.4) is 0 Å². The zero-order valence-corrected chi connectivity index (χ0v) is 13.1. The molecule has 0 aliphatic rings. The van der Waals surface area contributed by atoms with E-state index in [2.05, 4.69) is 20.9 Å². The van der Waals surface area contributed by atoms with Gasteiger partial charge in [-0.15, -0.1) is 0 Å². The summed E-state index contributed by atoms with van der Waals surface area (Å²) in [5.74, 6) is -0.162. The number of rotatable bonds is 4. The number of halogens is 1. The first-order valence-electron chi connectivity index (χ1n) is 5.80. The molecule has 0 unspecified atom stereocenters. The summed E-state index contributed by atoms with van der Waals surface area (Å²) >= 11 is 3.27. The van der Waals surface area contributed by atoms with Crippen molar-refractivity contribution in [3.05, 3.63) is 58.3 Å². The second-order valence-corrected chi connectivity index (χ2v) is 7.30. The van der Waals surface area contributed by atoms with Gasteiger partial charge in [0.2, 0.25) is 0 Å². The Balaban J connectivity index is 2.23. The first kappa shape index (κ1) is 14.9. The Morgan fingerprint density at radius 1 is 1.25 bits per heavy atom. The third-order valence-corrected chi connectivity index (χ3v) is 4.29. The highest BCUT2D eigenvalue weighted by molar-refractivity contribution is 9.10. The first-order chi connectivity index (χ1) is 9.36. The van der Waals surface area contributed by atoms with Gasteiger partial charge >= 0.3 is 0 Å². The molecule has 0 N–H and O–H groups in total. The van der Waals surface area contributed by atoms with Crippen LogP contribution in [0.15, 0.2) is 52.0 Å². The Kier molecular flexibility index (Phi) is 4.35. The maximum Gasteiger partial charge on any atom is 0.175 e. The van der Waals surface area contributed by atoms with Crippen LogP contribution in [0.4, 0.5) is 0 Å². The van der Waals surface area contributed by atoms with Crippen molar-refractivity contribution in [3.63, 3.8) is 0 Å². The molecule has 2 rings (SSSR count). The van der Waals surface area contributed by atoms with Crippen LogP contribution in [-0.2, 0) is 16.3 Å². The van der Waals surface area contributed by atoms with Crippen molar-refractivity contribution < 1.29 is 13.2 Å². The van der Waals surface area contributed by atoms with Gasteiger partial charge in [-0.05, 0) is 40.2 Å². The number of carbonyl (C=O) groups excluding carboxylic acids is 1. The van der Waals surface area contributed by atoms with E-state index in [1.54, 1.807) is 24.4 Å². The molecule has 0 aliphatic heterocycles. The van der Waals surface area contributed by atoms with Crippen LogP contribution in [0.1, 0.15) is 16.1 Å². The van der Waals surface area contributed by atoms with Gasteiger partial charge in [0, 0.05) is 28.2 Å². The summed E-state index contributed by atoms with van der Waals surface area (Å²) in [7, 11) is -3.31. The van der Waals surface area contributed by atoms with Gasteiger partial charge < -0.3 is 0 Å². The highest BCUT2D eigenvalue weighted by Gasteiger charge is 2.12. The van der Waals surface area contributed by atoms with E-state index in [9.17, 15) is 13.2 Å². The second kappa shape index (κ2) is 5.85. The standard InChI is InChI=1S/C14H12BrNO3S/c1-20(18,19)13-4-2-3-10(7-13)14(17)8-12-6-5-11(15)9-16-12/h2-7,9H,8H2,1H3. The molecule has 0 bridgehead atoms. The zero-order valence-electron chi connectivity index (χ0n) is 10.7. The van der Waals surface area contributed by atoms with Gasteiger partial charge in [0.25, 0.3) is 0 Å². The molecule has 1 heterocycles. The zero-order chi connectivity index (χ0) is 14.8. The summed E-state index contributed by atoms with van der Waals surface area (Å²) in [6.45, 7) is 0. The molecule has 20 heavy (non-hydrogen) atoms. The van der Waals surface area contributed by atoms with E-state index in [1.807, 2.05) is 6.07 Å². The largest absolute Gasteiger partial charge is 0.294 e. The van der Waals surface area contributed by atoms with Crippen LogP contribution in [0.25, 0.3) is 0 Å². The Bertz CT molecular complexity index is 739. The molecule has 1 aromatic heterocycles. The number of ketones is 1. The summed E-state index contributed by atoms with van der Waals surface area (Å²) in [5.41, 5.74) is 1.01. The maximum atomic E-state index is 12.1. The molecule has 0 radical (unpaired) electrons. The lowest BCUT2D eigenvalue weighted by molar-refractivity contribution is 0.0991. The number of aromatic nitrogens is 1. The molecule has 4 nitrogen and oxygen atoms in total. The van der Waals surface area contributed by atoms with E-state index in [0.717, 1.165) is 10.7 Å². The number of carbonyl (C=O) groups is 1. The van der Waals surface area contributed by atoms with Gasteiger partial charge in [0.1, 0.15) is 0 Å². The molecule has 0 saturated carbocycles. The lowest BCUT2D eigenvalue weighted by Gasteiger charge is -2.03. The topological polar surface area (TPSA) is 64.1 Å². The van der Waals surface area contributed by atoms with E-state index in [4.69, 9.17) is 0 Å². The molecule has 2 aromatic rings. The maximum absolute atomic E-state index is 12.1. The van der Waals surface area contributed by atoms with Gasteiger partial charge in [-0.2, -0.15) is 0 Å². The van der Waals surface area contributed by atoms with Gasteiger partial charge in [-0.25, -0.2) is 8.42 Å². The monoisotopic (exact) mass is 353 g/mol. The summed E-state index contributed by atoms with van der Waals surface area (Å²) in [4.78, 5) is 16.4. The Labute approximate surface area is 125 Å². The highest BCUT2D eigenvalue weighted by atomic mass is 79.9. The van der Waals surface area contributed by atoms with Crippen molar-refractivity contribution in [2.75, 3.05) is 6.26 Å². The van der Waals surface area contributed by atoms with Crippen molar-refractivity contribution in [1.82, 2.24) is 4.98 Å². The van der Waals surface area contributed by atoms with Crippen molar-refractivity contribution >= 4 is 31.6 Å². The fourth-order valence-electron chi connectivity index (χ4n) is 1.68. The SMILES string of the molecule is CS(=O)(=O)c1cccc(C(=O)Cc2ccc(Br)cn2)c1. The van der Waals surface area contributed by atoms with Crippen LogP contribution >= 0.6 is 15.9 Å². The number of Topliss-reactive ketones (excluding diaryl/α,β-unsaturated/α-hetero) is 1. The summed E-state index contributed by atoms with van der Waals surface area (Å²) in [6.07, 6.45) is 2.88. The van der Waals surface area contributed by atoms with Crippen LogP contribution < -0.4 is 0 Å². The predicted octanol–water partition coefficient (Wildman–Crippen LogP) is 2.67. The fourth-order valence-corrected chi connectivity index (χ4v) is 2.58. The molecule has 6 heteroatoms. The number of sulfone groups is 1.